The number of hydrogen-bond donors (Lipinski definition) is 2. The quantitative estimate of drug-likeness (QED) is 0.0215. The van der Waals surface area contributed by atoms with Gasteiger partial charge in [0.1, 0.15) is 18.3 Å². The zero-order valence-corrected chi connectivity index (χ0v) is 48.8. The first kappa shape index (κ1) is 65.4. The van der Waals surface area contributed by atoms with Gasteiger partial charge >= 0.3 is 17.9 Å². The molecule has 1 fully saturated rings. The fraction of sp³-hybridized carbons (Fsp3) is 0.710. The zero-order chi connectivity index (χ0) is 54.7. The molecule has 1 aliphatic heterocycles. The van der Waals surface area contributed by atoms with Crippen LogP contribution in [-0.2, 0) is 37.7 Å². The maximum Gasteiger partial charge on any atom is 0.338 e. The fourth-order valence-corrected chi connectivity index (χ4v) is 10.1. The lowest BCUT2D eigenvalue weighted by Crippen LogP contribution is -2.63. The molecule has 1 amide bonds. The molecule has 0 aliphatic carbocycles. The molecule has 1 saturated heterocycles. The van der Waals surface area contributed by atoms with E-state index >= 15 is 0 Å². The predicted octanol–water partition coefficient (Wildman–Crippen LogP) is 14.7. The van der Waals surface area contributed by atoms with Gasteiger partial charge in [0.2, 0.25) is 5.91 Å². The van der Waals surface area contributed by atoms with Gasteiger partial charge in [-0.2, -0.15) is 0 Å². The van der Waals surface area contributed by atoms with Crippen molar-refractivity contribution >= 4 is 32.1 Å². The van der Waals surface area contributed by atoms with E-state index in [1.807, 2.05) is 18.2 Å². The minimum absolute atomic E-state index is 0.0525. The van der Waals surface area contributed by atoms with E-state index in [2.05, 4.69) is 53.0 Å². The number of esters is 3. The van der Waals surface area contributed by atoms with Crippen LogP contribution in [0.1, 0.15) is 229 Å². The first-order valence-electron chi connectivity index (χ1n) is 29.3. The number of aliphatic hydroxyl groups excluding tert-OH is 1. The molecule has 75 heavy (non-hydrogen) atoms. The van der Waals surface area contributed by atoms with Crippen LogP contribution in [0.5, 0.6) is 0 Å². The summed E-state index contributed by atoms with van der Waals surface area (Å²) in [7, 11) is -2.40. The van der Waals surface area contributed by atoms with Gasteiger partial charge in [0.25, 0.3) is 0 Å². The summed E-state index contributed by atoms with van der Waals surface area (Å²) in [6, 6.07) is 16.1. The third-order valence-corrected chi connectivity index (χ3v) is 19.3. The monoisotopic (exact) mass is 1060 g/mol. The molecule has 1 aliphatic rings. The van der Waals surface area contributed by atoms with Crippen molar-refractivity contribution < 1.29 is 52.4 Å². The first-order valence-corrected chi connectivity index (χ1v) is 32.2. The average molecular weight is 1060 g/mol. The molecule has 0 saturated carbocycles. The van der Waals surface area contributed by atoms with E-state index in [4.69, 9.17) is 28.1 Å². The number of nitrogens with one attached hydrogen (secondary N) is 1. The van der Waals surface area contributed by atoms with E-state index in [9.17, 15) is 24.3 Å². The Morgan fingerprint density at radius 3 is 1.60 bits per heavy atom. The number of aliphatic hydroxyl groups is 1. The SMILES string of the molecule is CCCCCCCCCCCCC/C=C/[C@@H](OC(=O)c1ccccc1)[C@H](CO[C@@H]1O[C@H](CO[Si](C)(C)C(C)(C)C)[C@H](OC(C)=O)[C@H](O)[C@H]1OC(=O)c1ccccc1)NC(=O)CCCCCCCCCCCCCCC. The van der Waals surface area contributed by atoms with E-state index in [0.29, 0.717) is 12.0 Å². The van der Waals surface area contributed by atoms with Gasteiger partial charge in [-0.1, -0.05) is 218 Å². The number of amides is 1. The summed E-state index contributed by atoms with van der Waals surface area (Å²) in [4.78, 5) is 54.1. The molecule has 2 aromatic carbocycles. The Balaban J connectivity index is 1.88. The molecule has 0 unspecified atom stereocenters. The normalized spacial score (nSPS) is 18.9. The lowest BCUT2D eigenvalue weighted by Gasteiger charge is -2.45. The minimum Gasteiger partial charge on any atom is -0.457 e. The largest absolute Gasteiger partial charge is 0.457 e. The van der Waals surface area contributed by atoms with Crippen molar-refractivity contribution in [2.24, 2.45) is 0 Å². The van der Waals surface area contributed by atoms with Crippen molar-refractivity contribution in [1.29, 1.82) is 0 Å². The lowest BCUT2D eigenvalue weighted by molar-refractivity contribution is -0.303. The number of unbranched alkanes of at least 4 members (excludes halogenated alkanes) is 23. The van der Waals surface area contributed by atoms with Crippen LogP contribution < -0.4 is 5.32 Å². The molecule has 0 aromatic heterocycles. The van der Waals surface area contributed by atoms with Crippen molar-refractivity contribution in [1.82, 2.24) is 5.32 Å². The van der Waals surface area contributed by atoms with E-state index in [1.54, 1.807) is 54.6 Å². The van der Waals surface area contributed by atoms with Crippen LogP contribution in [0.3, 0.4) is 0 Å². The number of allylic oxidation sites excluding steroid dienone is 1. The molecule has 2 aromatic rings. The first-order chi connectivity index (χ1) is 36.1. The molecule has 7 atom stereocenters. The molecular weight excluding hydrogens is 963 g/mol. The van der Waals surface area contributed by atoms with Crippen LogP contribution in [0.2, 0.25) is 18.1 Å². The van der Waals surface area contributed by atoms with Crippen molar-refractivity contribution in [2.75, 3.05) is 13.2 Å². The molecular formula is C62H101NO11Si. The maximum absolute atomic E-state index is 14.0. The zero-order valence-electron chi connectivity index (χ0n) is 47.8. The fourth-order valence-electron chi connectivity index (χ4n) is 9.08. The van der Waals surface area contributed by atoms with Gasteiger partial charge in [0, 0.05) is 13.3 Å². The molecule has 2 N–H and O–H groups in total. The van der Waals surface area contributed by atoms with Crippen LogP contribution in [-0.4, -0.2) is 93.3 Å². The van der Waals surface area contributed by atoms with Crippen LogP contribution >= 0.6 is 0 Å². The van der Waals surface area contributed by atoms with Crippen molar-refractivity contribution in [3.8, 4) is 0 Å². The molecule has 12 nitrogen and oxygen atoms in total. The van der Waals surface area contributed by atoms with Crippen LogP contribution in [0.25, 0.3) is 0 Å². The van der Waals surface area contributed by atoms with Crippen LogP contribution in [0, 0.1) is 0 Å². The molecule has 424 valence electrons. The summed E-state index contributed by atoms with van der Waals surface area (Å²) in [5.74, 6) is -2.21. The average Bonchev–Trinajstić information content (AvgIpc) is 3.38. The Morgan fingerprint density at radius 1 is 0.653 bits per heavy atom. The number of carbonyl (C=O) groups excluding carboxylic acids is 4. The summed E-state index contributed by atoms with van der Waals surface area (Å²) in [6.45, 7) is 15.9. The second-order valence-electron chi connectivity index (χ2n) is 22.4. The van der Waals surface area contributed by atoms with E-state index in [0.717, 1.165) is 44.9 Å². The number of hydrogen-bond acceptors (Lipinski definition) is 11. The minimum atomic E-state index is -2.40. The number of carbonyl (C=O) groups is 4. The Bertz CT molecular complexity index is 1870. The standard InChI is InChI=1S/C62H101NO11Si/c1-9-11-13-15-17-19-21-23-25-27-29-31-39-45-53(72-59(67)50-41-35-33-36-42-50)52(63-55(65)46-40-32-30-28-26-24-22-20-18-16-14-12-10-2)47-69-61-58(74-60(68)51-43-37-34-38-44-51)56(66)57(71-49(3)64)54(73-61)48-70-75(7,8)62(4,5)6/h33-39,41-45,52-54,56-58,61,66H,9-32,40,46-48H2,1-8H3,(H,63,65)/b45-39+/t52-,53+,54+,56-,57-,58+,61+/m0/s1. The highest BCUT2D eigenvalue weighted by Gasteiger charge is 2.51. The predicted molar refractivity (Wildman–Crippen MR) is 303 cm³/mol. The lowest BCUT2D eigenvalue weighted by atomic mass is 9.98. The number of benzene rings is 2. The van der Waals surface area contributed by atoms with E-state index in [1.165, 1.54) is 116 Å². The smallest absolute Gasteiger partial charge is 0.338 e. The maximum atomic E-state index is 14.0. The Morgan fingerprint density at radius 2 is 1.12 bits per heavy atom. The van der Waals surface area contributed by atoms with Gasteiger partial charge in [0.05, 0.1) is 30.4 Å². The highest BCUT2D eigenvalue weighted by atomic mass is 28.4. The summed E-state index contributed by atoms with van der Waals surface area (Å²) < 4.78 is 37.7. The Hall–Kier alpha value is -3.88. The molecule has 0 spiro atoms. The summed E-state index contributed by atoms with van der Waals surface area (Å²) in [5.41, 5.74) is 0.581. The van der Waals surface area contributed by atoms with Crippen molar-refractivity contribution in [3.63, 3.8) is 0 Å². The molecule has 0 radical (unpaired) electrons. The van der Waals surface area contributed by atoms with Gasteiger partial charge < -0.3 is 38.5 Å². The number of rotatable bonds is 40. The number of ether oxygens (including phenoxy) is 5. The van der Waals surface area contributed by atoms with Gasteiger partial charge in [-0.3, -0.25) is 9.59 Å². The van der Waals surface area contributed by atoms with Gasteiger partial charge in [-0.25, -0.2) is 9.59 Å². The van der Waals surface area contributed by atoms with Crippen molar-refractivity contribution in [3.05, 3.63) is 83.9 Å². The third kappa shape index (κ3) is 26.8. The second-order valence-corrected chi connectivity index (χ2v) is 27.2. The Kier molecular flexibility index (Phi) is 33.0. The van der Waals surface area contributed by atoms with Crippen molar-refractivity contribution in [2.45, 2.75) is 269 Å². The van der Waals surface area contributed by atoms with Gasteiger partial charge in [-0.15, -0.1) is 0 Å². The van der Waals surface area contributed by atoms with Crippen LogP contribution in [0.4, 0.5) is 0 Å². The third-order valence-electron chi connectivity index (χ3n) is 14.8. The second kappa shape index (κ2) is 37.8. The molecule has 0 bridgehead atoms. The summed E-state index contributed by atoms with van der Waals surface area (Å²) in [5, 5.41) is 15.1. The van der Waals surface area contributed by atoms with Gasteiger partial charge in [0.15, 0.2) is 26.8 Å². The van der Waals surface area contributed by atoms with E-state index < -0.39 is 69.1 Å². The summed E-state index contributed by atoms with van der Waals surface area (Å²) >= 11 is 0. The molecule has 13 heteroatoms. The topological polar surface area (TPSA) is 156 Å². The van der Waals surface area contributed by atoms with Gasteiger partial charge in [-0.05, 0) is 67.7 Å². The summed E-state index contributed by atoms with van der Waals surface area (Å²) in [6.07, 6.45) is 25.9. The van der Waals surface area contributed by atoms with E-state index in [-0.39, 0.29) is 36.1 Å². The van der Waals surface area contributed by atoms with Crippen LogP contribution in [0.15, 0.2) is 72.8 Å². The Labute approximate surface area is 454 Å². The highest BCUT2D eigenvalue weighted by Crippen LogP contribution is 2.38. The molecule has 3 rings (SSSR count). The molecule has 1 heterocycles. The highest BCUT2D eigenvalue weighted by molar-refractivity contribution is 6.74.